The Morgan fingerprint density at radius 3 is 2.00 bits per heavy atom. The van der Waals surface area contributed by atoms with E-state index in [0.717, 1.165) is 17.7 Å². The SMILES string of the molecule is CC(C)C[C@H](NC(=O)c1ccc(F)cc1)C(=O)NC(Cc1ccccc1)C(=O)C(=O)NC(C)(C)C. The van der Waals surface area contributed by atoms with Gasteiger partial charge in [0, 0.05) is 17.5 Å². The molecule has 7 nitrogen and oxygen atoms in total. The lowest BCUT2D eigenvalue weighted by Gasteiger charge is -2.25. The summed E-state index contributed by atoms with van der Waals surface area (Å²) in [5.41, 5.74) is 0.345. The lowest BCUT2D eigenvalue weighted by Crippen LogP contribution is -2.56. The average Bonchev–Trinajstić information content (AvgIpc) is 2.77. The second-order valence-electron chi connectivity index (χ2n) is 9.98. The van der Waals surface area contributed by atoms with Gasteiger partial charge in [0.25, 0.3) is 11.8 Å². The molecule has 0 aliphatic carbocycles. The monoisotopic (exact) mass is 483 g/mol. The number of benzene rings is 2. The highest BCUT2D eigenvalue weighted by molar-refractivity contribution is 6.38. The third kappa shape index (κ3) is 9.31. The Labute approximate surface area is 205 Å². The van der Waals surface area contributed by atoms with Crippen LogP contribution in [0.25, 0.3) is 0 Å². The van der Waals surface area contributed by atoms with Crippen LogP contribution in [0.1, 0.15) is 57.0 Å². The number of carbonyl (C=O) groups excluding carboxylic acids is 4. The Morgan fingerprint density at radius 2 is 1.46 bits per heavy atom. The molecule has 0 spiro atoms. The molecule has 0 radical (unpaired) electrons. The number of hydrogen-bond donors (Lipinski definition) is 3. The van der Waals surface area contributed by atoms with E-state index in [4.69, 9.17) is 0 Å². The van der Waals surface area contributed by atoms with E-state index in [1.807, 2.05) is 19.9 Å². The van der Waals surface area contributed by atoms with Gasteiger partial charge in [-0.25, -0.2) is 4.39 Å². The first-order valence-corrected chi connectivity index (χ1v) is 11.6. The molecule has 0 saturated carbocycles. The maximum Gasteiger partial charge on any atom is 0.290 e. The normalized spacial score (nSPS) is 13.0. The van der Waals surface area contributed by atoms with Crippen molar-refractivity contribution in [3.05, 3.63) is 71.5 Å². The van der Waals surface area contributed by atoms with Crippen LogP contribution in [0.5, 0.6) is 0 Å². The number of rotatable bonds is 10. The predicted octanol–water partition coefficient (Wildman–Crippen LogP) is 3.18. The van der Waals surface area contributed by atoms with Crippen LogP contribution in [0.4, 0.5) is 4.39 Å². The van der Waals surface area contributed by atoms with E-state index in [-0.39, 0.29) is 17.9 Å². The first-order valence-electron chi connectivity index (χ1n) is 11.6. The van der Waals surface area contributed by atoms with Crippen LogP contribution in [-0.4, -0.2) is 41.1 Å². The maximum absolute atomic E-state index is 13.2. The van der Waals surface area contributed by atoms with Gasteiger partial charge in [0.15, 0.2) is 0 Å². The molecule has 0 fully saturated rings. The molecule has 0 aromatic heterocycles. The summed E-state index contributed by atoms with van der Waals surface area (Å²) in [7, 11) is 0. The van der Waals surface area contributed by atoms with Crippen molar-refractivity contribution in [3.8, 4) is 0 Å². The third-order valence-corrected chi connectivity index (χ3v) is 5.06. The van der Waals surface area contributed by atoms with Gasteiger partial charge in [0.1, 0.15) is 17.9 Å². The standard InChI is InChI=1S/C27H34FN3O4/c1-17(2)15-22(30-24(33)19-11-13-20(28)14-12-19)25(34)29-21(16-18-9-7-6-8-10-18)23(32)26(35)31-27(3,4)5/h6-14,17,21-22H,15-16H2,1-5H3,(H,29,34)(H,30,33)(H,31,35)/t21?,22-/m0/s1. The number of Topliss-reactive ketones (excluding diaryl/α,β-unsaturated/α-hetero) is 1. The van der Waals surface area contributed by atoms with E-state index >= 15 is 0 Å². The van der Waals surface area contributed by atoms with Crippen LogP contribution >= 0.6 is 0 Å². The summed E-state index contributed by atoms with van der Waals surface area (Å²) in [5.74, 6) is -3.12. The van der Waals surface area contributed by atoms with Gasteiger partial charge in [-0.1, -0.05) is 44.2 Å². The van der Waals surface area contributed by atoms with E-state index in [1.54, 1.807) is 45.0 Å². The van der Waals surface area contributed by atoms with Gasteiger partial charge >= 0.3 is 0 Å². The van der Waals surface area contributed by atoms with Crippen LogP contribution in [0, 0.1) is 11.7 Å². The largest absolute Gasteiger partial charge is 0.345 e. The summed E-state index contributed by atoms with van der Waals surface area (Å²) in [6, 6.07) is 11.9. The molecular formula is C27H34FN3O4. The van der Waals surface area contributed by atoms with Crippen LogP contribution in [-0.2, 0) is 20.8 Å². The fraction of sp³-hybridized carbons (Fsp3) is 0.407. The molecule has 188 valence electrons. The van der Waals surface area contributed by atoms with Gasteiger partial charge in [-0.05, 0) is 62.9 Å². The Bertz CT molecular complexity index is 1030. The van der Waals surface area contributed by atoms with Gasteiger partial charge < -0.3 is 16.0 Å². The summed E-state index contributed by atoms with van der Waals surface area (Å²) >= 11 is 0. The molecule has 0 aliphatic rings. The zero-order valence-electron chi connectivity index (χ0n) is 20.9. The van der Waals surface area contributed by atoms with Crippen LogP contribution in [0.15, 0.2) is 54.6 Å². The van der Waals surface area contributed by atoms with Gasteiger partial charge in [-0.3, -0.25) is 19.2 Å². The number of hydrogen-bond acceptors (Lipinski definition) is 4. The quantitative estimate of drug-likeness (QED) is 0.452. The number of nitrogens with one attached hydrogen (secondary N) is 3. The minimum atomic E-state index is -1.12. The predicted molar refractivity (Wildman–Crippen MR) is 132 cm³/mol. The van der Waals surface area contributed by atoms with E-state index in [0.29, 0.717) is 6.42 Å². The summed E-state index contributed by atoms with van der Waals surface area (Å²) in [5, 5.41) is 7.99. The molecule has 2 aromatic rings. The summed E-state index contributed by atoms with van der Waals surface area (Å²) in [6.45, 7) is 9.06. The summed E-state index contributed by atoms with van der Waals surface area (Å²) in [4.78, 5) is 51.6. The Kier molecular flexibility index (Phi) is 9.68. The van der Waals surface area contributed by atoms with Crippen molar-refractivity contribution in [2.45, 2.75) is 65.1 Å². The highest BCUT2D eigenvalue weighted by Gasteiger charge is 2.32. The highest BCUT2D eigenvalue weighted by Crippen LogP contribution is 2.11. The van der Waals surface area contributed by atoms with Crippen molar-refractivity contribution in [2.24, 2.45) is 5.92 Å². The molecular weight excluding hydrogens is 449 g/mol. The van der Waals surface area contributed by atoms with Gasteiger partial charge in [-0.15, -0.1) is 0 Å². The van der Waals surface area contributed by atoms with Crippen LogP contribution < -0.4 is 16.0 Å². The molecule has 0 saturated heterocycles. The third-order valence-electron chi connectivity index (χ3n) is 5.06. The van der Waals surface area contributed by atoms with E-state index < -0.39 is 46.9 Å². The Balaban J connectivity index is 2.24. The van der Waals surface area contributed by atoms with Crippen molar-refractivity contribution in [3.63, 3.8) is 0 Å². The maximum atomic E-state index is 13.2. The van der Waals surface area contributed by atoms with Crippen molar-refractivity contribution in [2.75, 3.05) is 0 Å². The zero-order valence-corrected chi connectivity index (χ0v) is 20.9. The molecule has 2 atom stereocenters. The number of amides is 3. The molecule has 3 N–H and O–H groups in total. The molecule has 3 amide bonds. The first-order chi connectivity index (χ1) is 16.4. The number of halogens is 1. The molecule has 2 aromatic carbocycles. The van der Waals surface area contributed by atoms with Crippen LogP contribution in [0.3, 0.4) is 0 Å². The van der Waals surface area contributed by atoms with E-state index in [2.05, 4.69) is 16.0 Å². The Hall–Kier alpha value is -3.55. The lowest BCUT2D eigenvalue weighted by atomic mass is 9.98. The van der Waals surface area contributed by atoms with E-state index in [9.17, 15) is 23.6 Å². The molecule has 35 heavy (non-hydrogen) atoms. The molecule has 2 rings (SSSR count). The fourth-order valence-corrected chi connectivity index (χ4v) is 3.44. The topological polar surface area (TPSA) is 104 Å². The van der Waals surface area contributed by atoms with Gasteiger partial charge in [0.05, 0.1) is 0 Å². The fourth-order valence-electron chi connectivity index (χ4n) is 3.44. The Morgan fingerprint density at radius 1 is 0.857 bits per heavy atom. The van der Waals surface area contributed by atoms with E-state index in [1.165, 1.54) is 12.1 Å². The second kappa shape index (κ2) is 12.2. The first kappa shape index (κ1) is 27.7. The molecule has 0 aliphatic heterocycles. The second-order valence-corrected chi connectivity index (χ2v) is 9.98. The molecule has 0 heterocycles. The summed E-state index contributed by atoms with van der Waals surface area (Å²) < 4.78 is 13.2. The van der Waals surface area contributed by atoms with Crippen LogP contribution in [0.2, 0.25) is 0 Å². The lowest BCUT2D eigenvalue weighted by molar-refractivity contribution is -0.141. The minimum absolute atomic E-state index is 0.0479. The van der Waals surface area contributed by atoms with Gasteiger partial charge in [-0.2, -0.15) is 0 Å². The van der Waals surface area contributed by atoms with Crippen molar-refractivity contribution >= 4 is 23.5 Å². The minimum Gasteiger partial charge on any atom is -0.345 e. The zero-order chi connectivity index (χ0) is 26.2. The molecule has 8 heteroatoms. The van der Waals surface area contributed by atoms with Crippen molar-refractivity contribution < 1.29 is 23.6 Å². The van der Waals surface area contributed by atoms with Gasteiger partial charge in [0.2, 0.25) is 11.7 Å². The number of carbonyl (C=O) groups is 4. The highest BCUT2D eigenvalue weighted by atomic mass is 19.1. The number of ketones is 1. The average molecular weight is 484 g/mol. The van der Waals surface area contributed by atoms with Crippen molar-refractivity contribution in [1.29, 1.82) is 0 Å². The van der Waals surface area contributed by atoms with Crippen molar-refractivity contribution in [1.82, 2.24) is 16.0 Å². The smallest absolute Gasteiger partial charge is 0.290 e. The molecule has 0 bridgehead atoms. The molecule has 1 unspecified atom stereocenters. The summed E-state index contributed by atoms with van der Waals surface area (Å²) in [6.07, 6.45) is 0.419.